The summed E-state index contributed by atoms with van der Waals surface area (Å²) in [6.45, 7) is 6.55. The number of nitrogen functional groups attached to an aromatic ring is 1. The standard InChI is InChI=1S/C15H18N2O/c1-15(2,3)11-7-9-12(10-8-11)18-14-6-4-5-13(16)17-14/h4-10H,1-3H3,(H2,16,17). The van der Waals surface area contributed by atoms with E-state index in [9.17, 15) is 0 Å². The number of aromatic nitrogens is 1. The monoisotopic (exact) mass is 242 g/mol. The van der Waals surface area contributed by atoms with Crippen LogP contribution in [0.15, 0.2) is 42.5 Å². The predicted molar refractivity (Wildman–Crippen MR) is 73.9 cm³/mol. The van der Waals surface area contributed by atoms with E-state index in [1.807, 2.05) is 18.2 Å². The van der Waals surface area contributed by atoms with Crippen molar-refractivity contribution in [1.82, 2.24) is 4.98 Å². The molecule has 0 unspecified atom stereocenters. The van der Waals surface area contributed by atoms with Gasteiger partial charge in [0.2, 0.25) is 5.88 Å². The van der Waals surface area contributed by atoms with Crippen molar-refractivity contribution in [2.45, 2.75) is 26.2 Å². The summed E-state index contributed by atoms with van der Waals surface area (Å²) in [6.07, 6.45) is 0. The maximum atomic E-state index is 5.64. The minimum atomic E-state index is 0.147. The maximum absolute atomic E-state index is 5.64. The van der Waals surface area contributed by atoms with Crippen molar-refractivity contribution in [2.75, 3.05) is 5.73 Å². The second-order valence-corrected chi connectivity index (χ2v) is 5.28. The first-order chi connectivity index (χ1) is 8.45. The summed E-state index contributed by atoms with van der Waals surface area (Å²) in [7, 11) is 0. The van der Waals surface area contributed by atoms with E-state index in [1.54, 1.807) is 12.1 Å². The van der Waals surface area contributed by atoms with E-state index in [2.05, 4.69) is 37.9 Å². The number of rotatable bonds is 2. The highest BCUT2D eigenvalue weighted by molar-refractivity contribution is 5.36. The molecule has 0 saturated heterocycles. The molecule has 0 bridgehead atoms. The molecule has 0 amide bonds. The van der Waals surface area contributed by atoms with Crippen molar-refractivity contribution < 1.29 is 4.74 Å². The molecule has 0 aliphatic carbocycles. The highest BCUT2D eigenvalue weighted by Gasteiger charge is 2.13. The zero-order chi connectivity index (χ0) is 13.2. The molecule has 94 valence electrons. The Morgan fingerprint density at radius 2 is 1.67 bits per heavy atom. The normalized spacial score (nSPS) is 11.3. The number of nitrogens with zero attached hydrogens (tertiary/aromatic N) is 1. The van der Waals surface area contributed by atoms with Crippen LogP contribution in [0.25, 0.3) is 0 Å². The van der Waals surface area contributed by atoms with Crippen molar-refractivity contribution in [3.05, 3.63) is 48.0 Å². The molecule has 0 aliphatic heterocycles. The van der Waals surface area contributed by atoms with Crippen molar-refractivity contribution in [3.8, 4) is 11.6 Å². The molecule has 2 rings (SSSR count). The van der Waals surface area contributed by atoms with E-state index < -0.39 is 0 Å². The number of benzene rings is 1. The summed E-state index contributed by atoms with van der Waals surface area (Å²) < 4.78 is 5.64. The lowest BCUT2D eigenvalue weighted by Crippen LogP contribution is -2.10. The van der Waals surface area contributed by atoms with Crippen LogP contribution in [-0.2, 0) is 5.41 Å². The van der Waals surface area contributed by atoms with Crippen LogP contribution >= 0.6 is 0 Å². The van der Waals surface area contributed by atoms with Gasteiger partial charge in [0.25, 0.3) is 0 Å². The smallest absolute Gasteiger partial charge is 0.221 e. The van der Waals surface area contributed by atoms with Crippen LogP contribution in [0.2, 0.25) is 0 Å². The first-order valence-corrected chi connectivity index (χ1v) is 5.96. The molecule has 1 aromatic heterocycles. The van der Waals surface area contributed by atoms with Crippen LogP contribution in [-0.4, -0.2) is 4.98 Å². The molecule has 1 aromatic carbocycles. The number of hydrogen-bond acceptors (Lipinski definition) is 3. The van der Waals surface area contributed by atoms with Crippen molar-refractivity contribution >= 4 is 5.82 Å². The maximum Gasteiger partial charge on any atom is 0.221 e. The molecule has 2 aromatic rings. The minimum absolute atomic E-state index is 0.147. The Morgan fingerprint density at radius 3 is 2.22 bits per heavy atom. The summed E-state index contributed by atoms with van der Waals surface area (Å²) in [5, 5.41) is 0. The van der Waals surface area contributed by atoms with Gasteiger partial charge in [0, 0.05) is 6.07 Å². The minimum Gasteiger partial charge on any atom is -0.439 e. The third kappa shape index (κ3) is 3.00. The average Bonchev–Trinajstić information content (AvgIpc) is 2.28. The Bertz CT molecular complexity index is 527. The van der Waals surface area contributed by atoms with Gasteiger partial charge in [0.1, 0.15) is 11.6 Å². The summed E-state index contributed by atoms with van der Waals surface area (Å²) >= 11 is 0. The van der Waals surface area contributed by atoms with Crippen molar-refractivity contribution in [3.63, 3.8) is 0 Å². The SMILES string of the molecule is CC(C)(C)c1ccc(Oc2cccc(N)n2)cc1. The zero-order valence-corrected chi connectivity index (χ0v) is 11.0. The van der Waals surface area contributed by atoms with Gasteiger partial charge in [0.15, 0.2) is 0 Å². The number of ether oxygens (including phenoxy) is 1. The van der Waals surface area contributed by atoms with Crippen molar-refractivity contribution in [1.29, 1.82) is 0 Å². The molecular formula is C15H18N2O. The fraction of sp³-hybridized carbons (Fsp3) is 0.267. The molecule has 1 heterocycles. The molecule has 18 heavy (non-hydrogen) atoms. The number of nitrogens with two attached hydrogens (primary N) is 1. The van der Waals surface area contributed by atoms with Crippen molar-refractivity contribution in [2.24, 2.45) is 0 Å². The van der Waals surface area contributed by atoms with Gasteiger partial charge >= 0.3 is 0 Å². The molecular weight excluding hydrogens is 224 g/mol. The molecule has 0 radical (unpaired) electrons. The van der Waals surface area contributed by atoms with Gasteiger partial charge in [-0.2, -0.15) is 4.98 Å². The molecule has 0 atom stereocenters. The highest BCUT2D eigenvalue weighted by atomic mass is 16.5. The number of pyridine rings is 1. The Labute approximate surface area is 108 Å². The van der Waals surface area contributed by atoms with Crippen LogP contribution in [0.3, 0.4) is 0 Å². The third-order valence-corrected chi connectivity index (χ3v) is 2.69. The Kier molecular flexibility index (Phi) is 3.24. The van der Waals surface area contributed by atoms with Gasteiger partial charge in [-0.05, 0) is 29.2 Å². The molecule has 3 nitrogen and oxygen atoms in total. The fourth-order valence-corrected chi connectivity index (χ4v) is 1.63. The summed E-state index contributed by atoms with van der Waals surface area (Å²) in [5.74, 6) is 1.73. The second kappa shape index (κ2) is 4.69. The van der Waals surface area contributed by atoms with E-state index in [0.717, 1.165) is 5.75 Å². The molecule has 0 aliphatic rings. The lowest BCUT2D eigenvalue weighted by molar-refractivity contribution is 0.463. The van der Waals surface area contributed by atoms with Gasteiger partial charge in [-0.25, -0.2) is 0 Å². The van der Waals surface area contributed by atoms with Gasteiger partial charge in [-0.1, -0.05) is 39.0 Å². The van der Waals surface area contributed by atoms with E-state index in [1.165, 1.54) is 5.56 Å². The number of hydrogen-bond donors (Lipinski definition) is 1. The molecule has 0 fully saturated rings. The van der Waals surface area contributed by atoms with Crippen LogP contribution in [0.5, 0.6) is 11.6 Å². The quantitative estimate of drug-likeness (QED) is 0.872. The Hall–Kier alpha value is -2.03. The lowest BCUT2D eigenvalue weighted by atomic mass is 9.87. The second-order valence-electron chi connectivity index (χ2n) is 5.28. The van der Waals surface area contributed by atoms with Gasteiger partial charge < -0.3 is 10.5 Å². The fourth-order valence-electron chi connectivity index (χ4n) is 1.63. The first-order valence-electron chi connectivity index (χ1n) is 5.96. The summed E-state index contributed by atoms with van der Waals surface area (Å²) in [5.41, 5.74) is 7.02. The average molecular weight is 242 g/mol. The third-order valence-electron chi connectivity index (χ3n) is 2.69. The highest BCUT2D eigenvalue weighted by Crippen LogP contribution is 2.26. The van der Waals surface area contributed by atoms with Crippen LogP contribution in [0.1, 0.15) is 26.3 Å². The number of anilines is 1. The van der Waals surface area contributed by atoms with E-state index in [-0.39, 0.29) is 5.41 Å². The predicted octanol–water partition coefficient (Wildman–Crippen LogP) is 3.75. The van der Waals surface area contributed by atoms with E-state index in [4.69, 9.17) is 10.5 Å². The Balaban J connectivity index is 2.16. The molecule has 3 heteroatoms. The Morgan fingerprint density at radius 1 is 1.00 bits per heavy atom. The molecule has 0 saturated carbocycles. The molecule has 0 spiro atoms. The summed E-state index contributed by atoms with van der Waals surface area (Å²) in [6, 6.07) is 13.4. The molecule has 2 N–H and O–H groups in total. The van der Waals surface area contributed by atoms with Gasteiger partial charge in [-0.3, -0.25) is 0 Å². The zero-order valence-electron chi connectivity index (χ0n) is 11.0. The first kappa shape index (κ1) is 12.4. The van der Waals surface area contributed by atoms with Gasteiger partial charge in [0.05, 0.1) is 0 Å². The van der Waals surface area contributed by atoms with Crippen LogP contribution in [0.4, 0.5) is 5.82 Å². The van der Waals surface area contributed by atoms with E-state index in [0.29, 0.717) is 11.7 Å². The van der Waals surface area contributed by atoms with Crippen LogP contribution in [0, 0.1) is 0 Å². The lowest BCUT2D eigenvalue weighted by Gasteiger charge is -2.19. The van der Waals surface area contributed by atoms with E-state index >= 15 is 0 Å². The topological polar surface area (TPSA) is 48.1 Å². The van der Waals surface area contributed by atoms with Crippen LogP contribution < -0.4 is 10.5 Å². The largest absolute Gasteiger partial charge is 0.439 e. The van der Waals surface area contributed by atoms with Gasteiger partial charge in [-0.15, -0.1) is 0 Å². The summed E-state index contributed by atoms with van der Waals surface area (Å²) in [4.78, 5) is 4.10.